The second kappa shape index (κ2) is 18.3. The van der Waals surface area contributed by atoms with Crippen LogP contribution in [0.3, 0.4) is 0 Å². The number of nitrogens with one attached hydrogen (secondary N) is 2. The molecular weight excluding hydrogens is 568 g/mol. The van der Waals surface area contributed by atoms with Crippen LogP contribution in [0.4, 0.5) is 4.79 Å². The molecule has 1 heterocycles. The third-order valence-corrected chi connectivity index (χ3v) is 8.09. The molecule has 1 aliphatic carbocycles. The Labute approximate surface area is 272 Å². The molecule has 0 saturated carbocycles. The van der Waals surface area contributed by atoms with E-state index in [1.165, 1.54) is 42.3 Å². The molecule has 0 aromatic heterocycles. The predicted octanol–water partition coefficient (Wildman–Crippen LogP) is 4.53. The van der Waals surface area contributed by atoms with Gasteiger partial charge in [0.05, 0.1) is 12.1 Å². The van der Waals surface area contributed by atoms with Crippen LogP contribution in [0.2, 0.25) is 0 Å². The predicted molar refractivity (Wildman–Crippen MR) is 184 cm³/mol. The molecule has 1 saturated heterocycles. The van der Waals surface area contributed by atoms with Gasteiger partial charge in [0.15, 0.2) is 0 Å². The summed E-state index contributed by atoms with van der Waals surface area (Å²) in [4.78, 5) is 40.7. The van der Waals surface area contributed by atoms with Crippen LogP contribution in [-0.2, 0) is 20.7 Å². The van der Waals surface area contributed by atoms with E-state index >= 15 is 0 Å². The van der Waals surface area contributed by atoms with E-state index in [1.807, 2.05) is 68.5 Å². The zero-order valence-corrected chi connectivity index (χ0v) is 29.8. The highest BCUT2D eigenvalue weighted by Gasteiger charge is 2.41. The molecule has 256 valence electrons. The van der Waals surface area contributed by atoms with Crippen molar-refractivity contribution in [2.45, 2.75) is 123 Å². The molecule has 4 unspecified atom stereocenters. The lowest BCUT2D eigenvalue weighted by Gasteiger charge is -2.38. The van der Waals surface area contributed by atoms with E-state index in [1.54, 1.807) is 11.9 Å². The van der Waals surface area contributed by atoms with Crippen molar-refractivity contribution < 1.29 is 19.1 Å². The summed E-state index contributed by atoms with van der Waals surface area (Å²) >= 11 is 0. The maximum atomic E-state index is 13.5. The number of carbonyl (C=O) groups excluding carboxylic acids is 3. The molecular formula is C35H62N6O4. The molecule has 45 heavy (non-hydrogen) atoms. The summed E-state index contributed by atoms with van der Waals surface area (Å²) in [6, 6.07) is 7.72. The first-order chi connectivity index (χ1) is 21.0. The van der Waals surface area contributed by atoms with Crippen molar-refractivity contribution in [3.8, 4) is 0 Å². The van der Waals surface area contributed by atoms with E-state index in [9.17, 15) is 14.4 Å². The van der Waals surface area contributed by atoms with E-state index in [4.69, 9.17) is 10.5 Å². The smallest absolute Gasteiger partial charge is 0.410 e. The third-order valence-electron chi connectivity index (χ3n) is 8.09. The number of nitrogens with two attached hydrogens (primary N) is 2. The van der Waals surface area contributed by atoms with Gasteiger partial charge in [-0.05, 0) is 90.4 Å². The van der Waals surface area contributed by atoms with Crippen LogP contribution in [0.1, 0.15) is 98.2 Å². The monoisotopic (exact) mass is 630 g/mol. The second-order valence-corrected chi connectivity index (χ2v) is 13.9. The number of nitrogens with zero attached hydrogens (tertiary/aromatic N) is 2. The molecule has 6 N–H and O–H groups in total. The van der Waals surface area contributed by atoms with Crippen molar-refractivity contribution in [2.24, 2.45) is 16.9 Å². The summed E-state index contributed by atoms with van der Waals surface area (Å²) in [7, 11) is 5.23. The standard InChI is InChI=1S/C23H42N4O4.C11H15N.CH5N/c1-10-11-18(15(2)26(9)21(30)31-23(6,7)8)25-19(22(3,4)5)20(29)27-13-16(24)12-17(27)14-28;1-12-11-8-4-6-9-5-2-3-7-10(9)11;1-2/h11,14-17,19,25H,10,12-13,24H2,1-9H3;2-3,5,7,11-12H,4,6,8H2,1H3;2H2,1H3/b18-11-;;/t15-,16?,17?,19?;;/m0../s1. The SMILES string of the molecule is CC/C=C(\NC(C(=O)N1CC(N)CC1C=O)C(C)(C)C)[C@H](C)N(C)C(=O)OC(C)(C)C.CN.CNC1CCCc2ccccc21. The van der Waals surface area contributed by atoms with Crippen molar-refractivity contribution in [3.63, 3.8) is 0 Å². The lowest BCUT2D eigenvalue weighted by Crippen LogP contribution is -2.56. The average molecular weight is 631 g/mol. The van der Waals surface area contributed by atoms with Gasteiger partial charge in [0.25, 0.3) is 0 Å². The molecule has 0 bridgehead atoms. The minimum absolute atomic E-state index is 0.160. The van der Waals surface area contributed by atoms with Gasteiger partial charge in [-0.25, -0.2) is 4.79 Å². The largest absolute Gasteiger partial charge is 0.444 e. The Kier molecular flexibility index (Phi) is 16.3. The number of fused-ring (bicyclic) bond motifs is 1. The number of carbonyl (C=O) groups is 3. The van der Waals surface area contributed by atoms with Crippen LogP contribution in [-0.4, -0.2) is 85.5 Å². The van der Waals surface area contributed by atoms with E-state index in [0.717, 1.165) is 18.4 Å². The molecule has 1 aromatic carbocycles. The van der Waals surface area contributed by atoms with E-state index < -0.39 is 29.2 Å². The van der Waals surface area contributed by atoms with Crippen LogP contribution in [0.15, 0.2) is 36.0 Å². The molecule has 1 fully saturated rings. The van der Waals surface area contributed by atoms with Gasteiger partial charge in [0.1, 0.15) is 17.9 Å². The van der Waals surface area contributed by atoms with Crippen LogP contribution in [0, 0.1) is 5.41 Å². The van der Waals surface area contributed by atoms with Crippen LogP contribution >= 0.6 is 0 Å². The molecule has 3 rings (SSSR count). The van der Waals surface area contributed by atoms with Crippen LogP contribution in [0.25, 0.3) is 0 Å². The fourth-order valence-corrected chi connectivity index (χ4v) is 5.59. The number of aldehydes is 1. The number of benzene rings is 1. The number of likely N-dealkylation sites (N-methyl/N-ethyl adjacent to an activating group) is 1. The average Bonchev–Trinajstić information content (AvgIpc) is 3.38. The molecule has 10 nitrogen and oxygen atoms in total. The van der Waals surface area contributed by atoms with Crippen molar-refractivity contribution in [1.82, 2.24) is 20.4 Å². The molecule has 0 spiro atoms. The van der Waals surface area contributed by atoms with Crippen molar-refractivity contribution in [3.05, 3.63) is 47.2 Å². The Morgan fingerprint density at radius 1 is 1.16 bits per heavy atom. The van der Waals surface area contributed by atoms with Gasteiger partial charge in [0, 0.05) is 31.4 Å². The Morgan fingerprint density at radius 2 is 1.78 bits per heavy atom. The fraction of sp³-hybridized carbons (Fsp3) is 0.686. The van der Waals surface area contributed by atoms with Crippen LogP contribution < -0.4 is 22.1 Å². The van der Waals surface area contributed by atoms with Gasteiger partial charge in [-0.3, -0.25) is 4.79 Å². The summed E-state index contributed by atoms with van der Waals surface area (Å²) in [6.07, 6.45) is 7.41. The first kappa shape index (κ1) is 40.1. The Hall–Kier alpha value is -2.95. The van der Waals surface area contributed by atoms with E-state index in [0.29, 0.717) is 19.0 Å². The Morgan fingerprint density at radius 3 is 2.31 bits per heavy atom. The minimum atomic E-state index is -0.602. The minimum Gasteiger partial charge on any atom is -0.444 e. The topological polar surface area (TPSA) is 143 Å². The Balaban J connectivity index is 0.000000592. The number of aryl methyl sites for hydroxylation is 1. The first-order valence-electron chi connectivity index (χ1n) is 16.3. The quantitative estimate of drug-likeness (QED) is 0.307. The molecule has 1 aliphatic heterocycles. The second-order valence-electron chi connectivity index (χ2n) is 13.9. The molecule has 5 atom stereocenters. The number of amides is 2. The van der Waals surface area contributed by atoms with E-state index in [2.05, 4.69) is 40.6 Å². The number of likely N-dealkylation sites (tertiary alicyclic amines) is 1. The summed E-state index contributed by atoms with van der Waals surface area (Å²) in [5.74, 6) is -0.160. The van der Waals surface area contributed by atoms with Crippen molar-refractivity contribution in [2.75, 3.05) is 27.7 Å². The summed E-state index contributed by atoms with van der Waals surface area (Å²) in [5, 5.41) is 6.75. The summed E-state index contributed by atoms with van der Waals surface area (Å²) < 4.78 is 5.49. The molecule has 2 amide bonds. The molecule has 10 heteroatoms. The van der Waals surface area contributed by atoms with Gasteiger partial charge >= 0.3 is 6.09 Å². The summed E-state index contributed by atoms with van der Waals surface area (Å²) in [6.45, 7) is 15.6. The number of hydrogen-bond acceptors (Lipinski definition) is 8. The Bertz CT molecular complexity index is 1110. The van der Waals surface area contributed by atoms with Gasteiger partial charge in [0.2, 0.25) is 5.91 Å². The van der Waals surface area contributed by atoms with Crippen molar-refractivity contribution in [1.29, 1.82) is 0 Å². The van der Waals surface area contributed by atoms with Gasteiger partial charge in [-0.2, -0.15) is 0 Å². The number of allylic oxidation sites excluding steroid dienone is 1. The summed E-state index contributed by atoms with van der Waals surface area (Å²) in [5.41, 5.74) is 13.3. The molecule has 0 radical (unpaired) electrons. The normalized spacial score (nSPS) is 21.1. The number of rotatable bonds is 8. The van der Waals surface area contributed by atoms with Gasteiger partial charge in [-0.15, -0.1) is 0 Å². The molecule has 1 aromatic rings. The van der Waals surface area contributed by atoms with Crippen LogP contribution in [0.5, 0.6) is 0 Å². The van der Waals surface area contributed by atoms with Gasteiger partial charge < -0.3 is 41.4 Å². The maximum Gasteiger partial charge on any atom is 0.410 e. The van der Waals surface area contributed by atoms with Gasteiger partial charge in [-0.1, -0.05) is 58.0 Å². The highest BCUT2D eigenvalue weighted by Crippen LogP contribution is 2.29. The third kappa shape index (κ3) is 12.1. The lowest BCUT2D eigenvalue weighted by molar-refractivity contribution is -0.138. The molecule has 2 aliphatic rings. The lowest BCUT2D eigenvalue weighted by atomic mass is 9.85. The fourth-order valence-electron chi connectivity index (χ4n) is 5.59. The van der Waals surface area contributed by atoms with Crippen molar-refractivity contribution >= 4 is 18.3 Å². The highest BCUT2D eigenvalue weighted by atomic mass is 16.6. The zero-order valence-electron chi connectivity index (χ0n) is 29.8. The highest BCUT2D eigenvalue weighted by molar-refractivity contribution is 5.86. The number of hydrogen-bond donors (Lipinski definition) is 4. The number of ether oxygens (including phenoxy) is 1. The first-order valence-corrected chi connectivity index (χ1v) is 16.3. The van der Waals surface area contributed by atoms with E-state index in [-0.39, 0.29) is 18.0 Å². The maximum absolute atomic E-state index is 13.5. The zero-order chi connectivity index (χ0) is 34.5.